The minimum absolute atomic E-state index is 0.375. The van der Waals surface area contributed by atoms with Gasteiger partial charge in [0.05, 0.1) is 5.52 Å². The molecule has 0 atom stereocenters. The molecule has 1 aliphatic carbocycles. The van der Waals surface area contributed by atoms with Crippen LogP contribution in [0.4, 0.5) is 15.8 Å². The smallest absolute Gasteiger partial charge is 0.265 e. The topological polar surface area (TPSA) is 135 Å². The Morgan fingerprint density at radius 3 is 2.08 bits per heavy atom. The van der Waals surface area contributed by atoms with E-state index in [9.17, 15) is 18.8 Å². The number of aromatic nitrogens is 1. The van der Waals surface area contributed by atoms with Crippen LogP contribution in [0.5, 0.6) is 11.5 Å². The van der Waals surface area contributed by atoms with Gasteiger partial charge in [-0.3, -0.25) is 24.8 Å². The van der Waals surface area contributed by atoms with Gasteiger partial charge in [0.25, 0.3) is 5.91 Å². The fourth-order valence-electron chi connectivity index (χ4n) is 3.89. The number of fused-ring (bicyclic) bond motifs is 1. The fraction of sp³-hybridized carbons (Fsp3) is 0.111. The van der Waals surface area contributed by atoms with Crippen molar-refractivity contribution in [2.45, 2.75) is 12.8 Å². The predicted octanol–water partition coefficient (Wildman–Crippen LogP) is 4.13. The molecule has 1 saturated carbocycles. The molecule has 0 radical (unpaired) electrons. The van der Waals surface area contributed by atoms with Gasteiger partial charge in [0.2, 0.25) is 11.8 Å². The minimum atomic E-state index is -1.15. The first kappa shape index (κ1) is 23.9. The number of nitrogen functional groups attached to an aromatic ring is 1. The van der Waals surface area contributed by atoms with E-state index in [2.05, 4.69) is 21.0 Å². The molecule has 1 aromatic heterocycles. The quantitative estimate of drug-likeness (QED) is 0.131. The molecule has 0 unspecified atom stereocenters. The molecule has 0 spiro atoms. The molecule has 1 fully saturated rings. The molecular weight excluding hydrogens is 477 g/mol. The normalized spacial score (nSPS) is 13.5. The average Bonchev–Trinajstić information content (AvgIpc) is 3.73. The van der Waals surface area contributed by atoms with E-state index in [0.717, 1.165) is 0 Å². The number of anilines is 2. The van der Waals surface area contributed by atoms with E-state index in [1.165, 1.54) is 24.3 Å². The second-order valence-corrected chi connectivity index (χ2v) is 8.64. The van der Waals surface area contributed by atoms with Gasteiger partial charge in [0.1, 0.15) is 22.7 Å². The summed E-state index contributed by atoms with van der Waals surface area (Å²) in [5.74, 6) is 4.59. The predicted molar refractivity (Wildman–Crippen MR) is 135 cm³/mol. The van der Waals surface area contributed by atoms with Crippen LogP contribution in [0.15, 0.2) is 79.0 Å². The monoisotopic (exact) mass is 499 g/mol. The number of carbonyl (C=O) groups excluding carboxylic acids is 3. The molecule has 5 N–H and O–H groups in total. The number of nitrogens with one attached hydrogen (secondary N) is 3. The van der Waals surface area contributed by atoms with Crippen LogP contribution in [-0.2, 0) is 9.59 Å². The second-order valence-electron chi connectivity index (χ2n) is 8.64. The maximum absolute atomic E-state index is 13.1. The van der Waals surface area contributed by atoms with Crippen molar-refractivity contribution in [2.24, 2.45) is 11.3 Å². The molecule has 3 amide bonds. The zero-order chi connectivity index (χ0) is 26.0. The third kappa shape index (κ3) is 4.95. The van der Waals surface area contributed by atoms with Crippen LogP contribution in [0.2, 0.25) is 0 Å². The van der Waals surface area contributed by atoms with Gasteiger partial charge in [-0.1, -0.05) is 0 Å². The Balaban J connectivity index is 1.25. The number of hydrogen-bond donors (Lipinski definition) is 4. The van der Waals surface area contributed by atoms with Gasteiger partial charge >= 0.3 is 0 Å². The summed E-state index contributed by atoms with van der Waals surface area (Å²) in [7, 11) is 0. The molecule has 1 aliphatic rings. The number of pyridine rings is 1. The third-order valence-corrected chi connectivity index (χ3v) is 6.16. The summed E-state index contributed by atoms with van der Waals surface area (Å²) in [6.07, 6.45) is 2.43. The summed E-state index contributed by atoms with van der Waals surface area (Å²) in [6, 6.07) is 18.8. The van der Waals surface area contributed by atoms with E-state index in [1.54, 1.807) is 54.7 Å². The summed E-state index contributed by atoms with van der Waals surface area (Å²) in [6.45, 7) is 0. The van der Waals surface area contributed by atoms with Gasteiger partial charge in [-0.2, -0.15) is 0 Å². The lowest BCUT2D eigenvalue weighted by Crippen LogP contribution is -2.35. The SMILES string of the molecule is NNC(=O)c1ccc2c(Oc3ccc(NC(=O)C4(C(=O)Nc5ccc(F)cc5)CC4)cc3)ccnc2c1. The first-order chi connectivity index (χ1) is 17.9. The minimum Gasteiger partial charge on any atom is -0.457 e. The lowest BCUT2D eigenvalue weighted by Gasteiger charge is -2.16. The Bertz CT molecular complexity index is 1500. The van der Waals surface area contributed by atoms with Crippen LogP contribution in [0.25, 0.3) is 10.9 Å². The number of halogens is 1. The zero-order valence-electron chi connectivity index (χ0n) is 19.5. The molecule has 10 heteroatoms. The highest BCUT2D eigenvalue weighted by atomic mass is 19.1. The Kier molecular flexibility index (Phi) is 6.24. The van der Waals surface area contributed by atoms with Crippen LogP contribution < -0.4 is 26.6 Å². The molecule has 3 aromatic carbocycles. The summed E-state index contributed by atoms with van der Waals surface area (Å²) in [4.78, 5) is 41.7. The van der Waals surface area contributed by atoms with Crippen molar-refractivity contribution in [1.82, 2.24) is 10.4 Å². The van der Waals surface area contributed by atoms with Gasteiger partial charge in [-0.15, -0.1) is 0 Å². The summed E-state index contributed by atoms with van der Waals surface area (Å²) >= 11 is 0. The lowest BCUT2D eigenvalue weighted by atomic mass is 10.0. The largest absolute Gasteiger partial charge is 0.457 e. The van der Waals surface area contributed by atoms with E-state index in [0.29, 0.717) is 52.2 Å². The van der Waals surface area contributed by atoms with E-state index in [-0.39, 0.29) is 0 Å². The standard InChI is InChI=1S/C27H22FN5O4/c28-17-2-4-18(5-3-17)31-25(35)27(12-13-27)26(36)32-19-6-8-20(9-7-19)37-23-11-14-30-22-15-16(24(34)33-29)1-10-21(22)23/h1-11,14-15H,12-13,29H2,(H,31,35)(H,32,36)(H,33,34). The fourth-order valence-corrected chi connectivity index (χ4v) is 3.89. The molecule has 9 nitrogen and oxygen atoms in total. The van der Waals surface area contributed by atoms with Crippen LogP contribution in [0.1, 0.15) is 23.2 Å². The third-order valence-electron chi connectivity index (χ3n) is 6.16. The molecule has 4 aromatic rings. The molecular formula is C27H22FN5O4. The number of nitrogens with zero attached hydrogens (tertiary/aromatic N) is 1. The number of amides is 3. The number of hydrazine groups is 1. The van der Waals surface area contributed by atoms with Gasteiger partial charge < -0.3 is 15.4 Å². The number of nitrogens with two attached hydrogens (primary N) is 1. The van der Waals surface area contributed by atoms with Crippen molar-refractivity contribution in [3.63, 3.8) is 0 Å². The molecule has 0 bridgehead atoms. The van der Waals surface area contributed by atoms with Crippen LogP contribution in [0, 0.1) is 11.2 Å². The Hall–Kier alpha value is -4.83. The summed E-state index contributed by atoms with van der Waals surface area (Å²) < 4.78 is 19.1. The number of ether oxygens (including phenoxy) is 1. The van der Waals surface area contributed by atoms with Crippen molar-refractivity contribution >= 4 is 40.0 Å². The molecule has 5 rings (SSSR count). The molecule has 37 heavy (non-hydrogen) atoms. The van der Waals surface area contributed by atoms with Crippen molar-refractivity contribution < 1.29 is 23.5 Å². The highest BCUT2D eigenvalue weighted by molar-refractivity contribution is 6.16. The van der Waals surface area contributed by atoms with E-state index in [1.807, 2.05) is 0 Å². The number of benzene rings is 3. The maximum atomic E-state index is 13.1. The van der Waals surface area contributed by atoms with Crippen molar-refractivity contribution in [2.75, 3.05) is 10.6 Å². The molecule has 0 aliphatic heterocycles. The van der Waals surface area contributed by atoms with E-state index >= 15 is 0 Å². The van der Waals surface area contributed by atoms with Crippen molar-refractivity contribution in [3.05, 3.63) is 90.4 Å². The van der Waals surface area contributed by atoms with Crippen LogP contribution in [-0.4, -0.2) is 22.7 Å². The highest BCUT2D eigenvalue weighted by Gasteiger charge is 2.56. The number of carbonyl (C=O) groups is 3. The van der Waals surface area contributed by atoms with Gasteiger partial charge in [0.15, 0.2) is 0 Å². The van der Waals surface area contributed by atoms with Crippen LogP contribution >= 0.6 is 0 Å². The average molecular weight is 500 g/mol. The summed E-state index contributed by atoms with van der Waals surface area (Å²) in [5, 5.41) is 6.18. The van der Waals surface area contributed by atoms with Crippen LogP contribution in [0.3, 0.4) is 0 Å². The highest BCUT2D eigenvalue weighted by Crippen LogP contribution is 2.47. The second kappa shape index (κ2) is 9.67. The van der Waals surface area contributed by atoms with Gasteiger partial charge in [-0.25, -0.2) is 10.2 Å². The van der Waals surface area contributed by atoms with Crippen molar-refractivity contribution in [1.29, 1.82) is 0 Å². The number of rotatable bonds is 7. The first-order valence-electron chi connectivity index (χ1n) is 11.4. The maximum Gasteiger partial charge on any atom is 0.265 e. The van der Waals surface area contributed by atoms with Crippen molar-refractivity contribution in [3.8, 4) is 11.5 Å². The summed E-state index contributed by atoms with van der Waals surface area (Å²) in [5.41, 5.74) is 2.81. The molecule has 186 valence electrons. The zero-order valence-corrected chi connectivity index (χ0v) is 19.5. The first-order valence-corrected chi connectivity index (χ1v) is 11.4. The van der Waals surface area contributed by atoms with Gasteiger partial charge in [0, 0.05) is 28.5 Å². The Labute approximate surface area is 210 Å². The van der Waals surface area contributed by atoms with E-state index in [4.69, 9.17) is 10.6 Å². The van der Waals surface area contributed by atoms with Gasteiger partial charge in [-0.05, 0) is 85.6 Å². The lowest BCUT2D eigenvalue weighted by molar-refractivity contribution is -0.131. The number of hydrogen-bond acceptors (Lipinski definition) is 6. The molecule has 1 heterocycles. The molecule has 0 saturated heterocycles. The Morgan fingerprint density at radius 1 is 0.865 bits per heavy atom. The van der Waals surface area contributed by atoms with E-state index < -0.39 is 29.0 Å². The Morgan fingerprint density at radius 2 is 1.49 bits per heavy atom.